The van der Waals surface area contributed by atoms with Crippen molar-refractivity contribution in [3.63, 3.8) is 0 Å². The van der Waals surface area contributed by atoms with E-state index < -0.39 is 9.84 Å². The number of sulfone groups is 1. The molecule has 1 amide bonds. The maximum Gasteiger partial charge on any atom is 0.233 e. The summed E-state index contributed by atoms with van der Waals surface area (Å²) in [5.41, 5.74) is 0. The maximum atomic E-state index is 13.3. The number of piperidine rings is 1. The highest BCUT2D eigenvalue weighted by Crippen LogP contribution is 2.28. The monoisotopic (exact) mass is 499 g/mol. The minimum absolute atomic E-state index is 0.00469. The Balaban J connectivity index is 1.48. The van der Waals surface area contributed by atoms with Gasteiger partial charge in [-0.15, -0.1) is 10.2 Å². The number of rotatable bonds is 9. The number of hydrogen-bond acceptors (Lipinski definition) is 8. The summed E-state index contributed by atoms with van der Waals surface area (Å²) in [5.74, 6) is 1.32. The molecule has 0 bridgehead atoms. The Bertz CT molecular complexity index is 910. The van der Waals surface area contributed by atoms with Crippen LogP contribution >= 0.6 is 11.8 Å². The molecule has 0 aromatic carbocycles. The molecule has 4 rings (SSSR count). The largest absolute Gasteiger partial charge is 0.376 e. The molecular weight excluding hydrogens is 462 g/mol. The lowest BCUT2D eigenvalue weighted by Gasteiger charge is -2.33. The topological polar surface area (TPSA) is 97.6 Å². The molecule has 9 nitrogen and oxygen atoms in total. The molecule has 0 saturated carbocycles. The summed E-state index contributed by atoms with van der Waals surface area (Å²) in [6, 6.07) is -0.225. The number of aromatic nitrogens is 3. The third kappa shape index (κ3) is 6.03. The molecule has 3 atom stereocenters. The lowest BCUT2D eigenvalue weighted by atomic mass is 10.1. The van der Waals surface area contributed by atoms with E-state index in [9.17, 15) is 13.2 Å². The van der Waals surface area contributed by atoms with E-state index in [1.54, 1.807) is 0 Å². The zero-order valence-electron chi connectivity index (χ0n) is 19.8. The molecule has 33 heavy (non-hydrogen) atoms. The minimum Gasteiger partial charge on any atom is -0.376 e. The first-order valence-electron chi connectivity index (χ1n) is 12.3. The van der Waals surface area contributed by atoms with E-state index in [2.05, 4.69) is 19.7 Å². The van der Waals surface area contributed by atoms with Gasteiger partial charge in [-0.25, -0.2) is 8.42 Å². The van der Waals surface area contributed by atoms with Gasteiger partial charge >= 0.3 is 0 Å². The highest BCUT2D eigenvalue weighted by molar-refractivity contribution is 7.99. The SMILES string of the molecule is CCC(C)N(C(=O)CSc1nnc(N2CCCCC2)n1CC1CCCO1)C1CCS(=O)(=O)C1. The van der Waals surface area contributed by atoms with Crippen LogP contribution in [0.3, 0.4) is 0 Å². The third-order valence-electron chi connectivity index (χ3n) is 7.03. The van der Waals surface area contributed by atoms with Crippen molar-refractivity contribution >= 4 is 33.5 Å². The number of anilines is 1. The van der Waals surface area contributed by atoms with Gasteiger partial charge in [-0.05, 0) is 51.9 Å². The van der Waals surface area contributed by atoms with Crippen molar-refractivity contribution in [2.75, 3.05) is 41.9 Å². The van der Waals surface area contributed by atoms with Gasteiger partial charge < -0.3 is 14.5 Å². The van der Waals surface area contributed by atoms with E-state index in [0.29, 0.717) is 13.0 Å². The molecule has 0 radical (unpaired) electrons. The van der Waals surface area contributed by atoms with Crippen molar-refractivity contribution in [1.29, 1.82) is 0 Å². The average Bonchev–Trinajstić information content (AvgIpc) is 3.54. The number of thioether (sulfide) groups is 1. The van der Waals surface area contributed by atoms with Crippen molar-refractivity contribution in [3.8, 4) is 0 Å². The number of carbonyl (C=O) groups excluding carboxylic acids is 1. The molecule has 3 fully saturated rings. The highest BCUT2D eigenvalue weighted by atomic mass is 32.2. The first-order valence-corrected chi connectivity index (χ1v) is 15.1. The van der Waals surface area contributed by atoms with Crippen LogP contribution < -0.4 is 4.90 Å². The Morgan fingerprint density at radius 1 is 1.21 bits per heavy atom. The Morgan fingerprint density at radius 2 is 2.00 bits per heavy atom. The number of amides is 1. The molecule has 0 N–H and O–H groups in total. The zero-order valence-corrected chi connectivity index (χ0v) is 21.5. The van der Waals surface area contributed by atoms with Crippen molar-refractivity contribution < 1.29 is 17.9 Å². The minimum atomic E-state index is -3.06. The van der Waals surface area contributed by atoms with Crippen LogP contribution in [-0.4, -0.2) is 89.1 Å². The molecule has 3 unspecified atom stereocenters. The Labute approximate surface area is 201 Å². The molecule has 1 aromatic rings. The maximum absolute atomic E-state index is 13.3. The smallest absolute Gasteiger partial charge is 0.233 e. The van der Waals surface area contributed by atoms with E-state index in [-0.39, 0.29) is 41.4 Å². The number of ether oxygens (including phenoxy) is 1. The van der Waals surface area contributed by atoms with Gasteiger partial charge in [0.15, 0.2) is 15.0 Å². The summed E-state index contributed by atoms with van der Waals surface area (Å²) in [5, 5.41) is 9.71. The quantitative estimate of drug-likeness (QED) is 0.478. The predicted octanol–water partition coefficient (Wildman–Crippen LogP) is 2.35. The standard InChI is InChI=1S/C22H37N5O4S2/c1-3-17(2)27(18-9-13-33(29,30)16-18)20(28)15-32-22-24-23-21(25-10-5-4-6-11-25)26(22)14-19-8-7-12-31-19/h17-19H,3-16H2,1-2H3. The van der Waals surface area contributed by atoms with Gasteiger partial charge in [0.25, 0.3) is 0 Å². The van der Waals surface area contributed by atoms with Crippen molar-refractivity contribution in [3.05, 3.63) is 0 Å². The summed E-state index contributed by atoms with van der Waals surface area (Å²) in [4.78, 5) is 17.4. The fourth-order valence-electron chi connectivity index (χ4n) is 5.07. The Hall–Kier alpha value is -1.33. The summed E-state index contributed by atoms with van der Waals surface area (Å²) in [6.45, 7) is 7.48. The van der Waals surface area contributed by atoms with Crippen LogP contribution in [0.2, 0.25) is 0 Å². The molecule has 3 aliphatic heterocycles. The summed E-state index contributed by atoms with van der Waals surface area (Å²) < 4.78 is 32.1. The van der Waals surface area contributed by atoms with Crippen molar-refractivity contribution in [2.24, 2.45) is 0 Å². The zero-order chi connectivity index (χ0) is 23.4. The number of hydrogen-bond donors (Lipinski definition) is 0. The van der Waals surface area contributed by atoms with Gasteiger partial charge in [-0.3, -0.25) is 9.36 Å². The molecule has 1 aromatic heterocycles. The molecule has 4 heterocycles. The molecule has 3 aliphatic rings. The van der Waals surface area contributed by atoms with Crippen LogP contribution in [0.1, 0.15) is 58.8 Å². The van der Waals surface area contributed by atoms with Gasteiger partial charge in [0.05, 0.1) is 29.9 Å². The van der Waals surface area contributed by atoms with Gasteiger partial charge in [-0.1, -0.05) is 18.7 Å². The summed E-state index contributed by atoms with van der Waals surface area (Å²) in [6.07, 6.45) is 7.12. The van der Waals surface area contributed by atoms with E-state index in [4.69, 9.17) is 4.74 Å². The van der Waals surface area contributed by atoms with Crippen molar-refractivity contribution in [2.45, 2.75) is 88.7 Å². The van der Waals surface area contributed by atoms with E-state index >= 15 is 0 Å². The average molecular weight is 500 g/mol. The fraction of sp³-hybridized carbons (Fsp3) is 0.864. The Morgan fingerprint density at radius 3 is 2.64 bits per heavy atom. The second-order valence-corrected chi connectivity index (χ2v) is 12.7. The second kappa shape index (κ2) is 10.9. The van der Waals surface area contributed by atoms with Gasteiger partial charge in [0.2, 0.25) is 11.9 Å². The van der Waals surface area contributed by atoms with E-state index in [1.807, 2.05) is 18.7 Å². The van der Waals surface area contributed by atoms with Crippen molar-refractivity contribution in [1.82, 2.24) is 19.7 Å². The van der Waals surface area contributed by atoms with Crippen LogP contribution in [0.4, 0.5) is 5.95 Å². The lowest BCUT2D eigenvalue weighted by molar-refractivity contribution is -0.132. The molecule has 186 valence electrons. The van der Waals surface area contributed by atoms with Crippen LogP contribution in [0.25, 0.3) is 0 Å². The number of nitrogens with zero attached hydrogens (tertiary/aromatic N) is 5. The van der Waals surface area contributed by atoms with Crippen LogP contribution in [-0.2, 0) is 25.9 Å². The van der Waals surface area contributed by atoms with E-state index in [0.717, 1.165) is 62.9 Å². The van der Waals surface area contributed by atoms with Gasteiger partial charge in [-0.2, -0.15) is 0 Å². The molecule has 11 heteroatoms. The molecule has 3 saturated heterocycles. The first-order chi connectivity index (χ1) is 15.9. The second-order valence-electron chi connectivity index (χ2n) is 9.48. The van der Waals surface area contributed by atoms with Crippen LogP contribution in [0.5, 0.6) is 0 Å². The highest BCUT2D eigenvalue weighted by Gasteiger charge is 2.36. The third-order valence-corrected chi connectivity index (χ3v) is 9.73. The first kappa shape index (κ1) is 24.8. The van der Waals surface area contributed by atoms with Gasteiger partial charge in [0.1, 0.15) is 0 Å². The normalized spacial score (nSPS) is 25.9. The van der Waals surface area contributed by atoms with Crippen LogP contribution in [0, 0.1) is 0 Å². The predicted molar refractivity (Wildman–Crippen MR) is 129 cm³/mol. The molecule has 0 aliphatic carbocycles. The summed E-state index contributed by atoms with van der Waals surface area (Å²) >= 11 is 1.40. The molecular formula is C22H37N5O4S2. The number of carbonyl (C=O) groups is 1. The fourth-order valence-corrected chi connectivity index (χ4v) is 7.59. The van der Waals surface area contributed by atoms with Crippen LogP contribution in [0.15, 0.2) is 5.16 Å². The van der Waals surface area contributed by atoms with E-state index in [1.165, 1.54) is 18.2 Å². The summed E-state index contributed by atoms with van der Waals surface area (Å²) in [7, 11) is -3.06. The Kier molecular flexibility index (Phi) is 8.22. The van der Waals surface area contributed by atoms with Gasteiger partial charge in [0, 0.05) is 31.8 Å². The lowest BCUT2D eigenvalue weighted by Crippen LogP contribution is -2.47. The molecule has 0 spiro atoms.